The first-order valence-corrected chi connectivity index (χ1v) is 7.15. The van der Waals surface area contributed by atoms with Crippen molar-refractivity contribution >= 4 is 11.3 Å². The van der Waals surface area contributed by atoms with Crippen LogP contribution in [0.3, 0.4) is 0 Å². The zero-order valence-electron chi connectivity index (χ0n) is 11.5. The fourth-order valence-corrected chi connectivity index (χ4v) is 3.01. The number of hydrogen-bond donors (Lipinski definition) is 1. The van der Waals surface area contributed by atoms with Gasteiger partial charge in [0.25, 0.3) is 0 Å². The van der Waals surface area contributed by atoms with Crippen LogP contribution in [0, 0.1) is 5.92 Å². The molecule has 0 amide bonds. The molecule has 2 unspecified atom stereocenters. The van der Waals surface area contributed by atoms with Gasteiger partial charge in [0.1, 0.15) is 5.01 Å². The van der Waals surface area contributed by atoms with Crippen molar-refractivity contribution in [1.29, 1.82) is 0 Å². The maximum Gasteiger partial charge on any atom is 0.110 e. The molecule has 3 nitrogen and oxygen atoms in total. The summed E-state index contributed by atoms with van der Waals surface area (Å²) in [6.45, 7) is 10.4. The summed E-state index contributed by atoms with van der Waals surface area (Å²) in [5.41, 5.74) is 1.19. The Hall–Kier alpha value is -0.450. The van der Waals surface area contributed by atoms with Crippen molar-refractivity contribution < 1.29 is 4.74 Å². The molecule has 0 radical (unpaired) electrons. The number of hydrogen-bond acceptors (Lipinski definition) is 4. The number of rotatable bonds is 7. The lowest BCUT2D eigenvalue weighted by molar-refractivity contribution is 0.139. The molecule has 1 aromatic heterocycles. The predicted octanol–water partition coefficient (Wildman–Crippen LogP) is 3.20. The molecule has 98 valence electrons. The molecule has 1 aromatic rings. The van der Waals surface area contributed by atoms with Crippen LogP contribution in [0.4, 0.5) is 0 Å². The van der Waals surface area contributed by atoms with Crippen molar-refractivity contribution in [3.05, 3.63) is 16.1 Å². The van der Waals surface area contributed by atoms with Crippen molar-refractivity contribution in [3.63, 3.8) is 0 Å². The molecule has 1 rings (SSSR count). The first-order chi connectivity index (χ1) is 8.10. The lowest BCUT2D eigenvalue weighted by Crippen LogP contribution is -2.29. The highest BCUT2D eigenvalue weighted by Gasteiger charge is 2.21. The summed E-state index contributed by atoms with van der Waals surface area (Å²) < 4.78 is 5.24. The topological polar surface area (TPSA) is 34.2 Å². The van der Waals surface area contributed by atoms with E-state index in [-0.39, 0.29) is 0 Å². The third-order valence-electron chi connectivity index (χ3n) is 2.82. The first-order valence-electron chi connectivity index (χ1n) is 6.27. The van der Waals surface area contributed by atoms with Gasteiger partial charge >= 0.3 is 0 Å². The molecule has 0 fully saturated rings. The van der Waals surface area contributed by atoms with Gasteiger partial charge in [-0.05, 0) is 12.5 Å². The molecule has 0 aliphatic carbocycles. The van der Waals surface area contributed by atoms with E-state index in [1.54, 1.807) is 18.4 Å². The Morgan fingerprint density at radius 2 is 2.12 bits per heavy atom. The average molecular weight is 256 g/mol. The van der Waals surface area contributed by atoms with Crippen LogP contribution in [0.25, 0.3) is 0 Å². The molecule has 0 aliphatic rings. The molecule has 0 aromatic carbocycles. The van der Waals surface area contributed by atoms with E-state index < -0.39 is 0 Å². The summed E-state index contributed by atoms with van der Waals surface area (Å²) >= 11 is 1.75. The van der Waals surface area contributed by atoms with Gasteiger partial charge in [-0.1, -0.05) is 27.7 Å². The Kier molecular flexibility index (Phi) is 6.09. The minimum absolute atomic E-state index is 0.303. The van der Waals surface area contributed by atoms with Crippen LogP contribution >= 0.6 is 11.3 Å². The van der Waals surface area contributed by atoms with Gasteiger partial charge < -0.3 is 10.1 Å². The molecular formula is C13H24N2OS. The Morgan fingerprint density at radius 3 is 2.59 bits per heavy atom. The van der Waals surface area contributed by atoms with E-state index in [0.29, 0.717) is 17.9 Å². The fourth-order valence-electron chi connectivity index (χ4n) is 1.82. The van der Waals surface area contributed by atoms with E-state index in [2.05, 4.69) is 38.4 Å². The molecule has 0 bridgehead atoms. The average Bonchev–Trinajstić information content (AvgIpc) is 2.75. The summed E-state index contributed by atoms with van der Waals surface area (Å²) in [5.74, 6) is 0.936. The van der Waals surface area contributed by atoms with Crippen molar-refractivity contribution in [3.8, 4) is 0 Å². The Bertz CT molecular complexity index is 325. The van der Waals surface area contributed by atoms with Gasteiger partial charge in [-0.2, -0.15) is 0 Å². The van der Waals surface area contributed by atoms with Crippen LogP contribution in [0.5, 0.6) is 0 Å². The molecule has 1 heterocycles. The van der Waals surface area contributed by atoms with E-state index in [9.17, 15) is 0 Å². The van der Waals surface area contributed by atoms with Gasteiger partial charge in [0.05, 0.1) is 18.3 Å². The van der Waals surface area contributed by atoms with Crippen LogP contribution in [-0.4, -0.2) is 25.2 Å². The Morgan fingerprint density at radius 1 is 1.41 bits per heavy atom. The molecule has 17 heavy (non-hydrogen) atoms. The van der Waals surface area contributed by atoms with Crippen molar-refractivity contribution in [2.24, 2.45) is 5.92 Å². The highest BCUT2D eigenvalue weighted by molar-refractivity contribution is 7.09. The number of thiazole rings is 1. The lowest BCUT2D eigenvalue weighted by atomic mass is 10.0. The zero-order chi connectivity index (χ0) is 12.8. The van der Waals surface area contributed by atoms with E-state index in [1.807, 2.05) is 0 Å². The number of ether oxygens (including phenoxy) is 1. The summed E-state index contributed by atoms with van der Waals surface area (Å²) in [6.07, 6.45) is 0. The molecule has 0 saturated carbocycles. The van der Waals surface area contributed by atoms with E-state index in [0.717, 1.165) is 13.2 Å². The second-order valence-corrected chi connectivity index (χ2v) is 5.62. The van der Waals surface area contributed by atoms with E-state index >= 15 is 0 Å². The van der Waals surface area contributed by atoms with Gasteiger partial charge in [-0.25, -0.2) is 4.98 Å². The van der Waals surface area contributed by atoms with Gasteiger partial charge in [-0.3, -0.25) is 0 Å². The van der Waals surface area contributed by atoms with Gasteiger partial charge in [0, 0.05) is 18.4 Å². The maximum absolute atomic E-state index is 5.24. The monoisotopic (exact) mass is 256 g/mol. The summed E-state index contributed by atoms with van der Waals surface area (Å²) in [4.78, 5) is 4.73. The second-order valence-electron chi connectivity index (χ2n) is 4.73. The molecule has 0 spiro atoms. The summed E-state index contributed by atoms with van der Waals surface area (Å²) in [5, 5.41) is 6.85. The lowest BCUT2D eigenvalue weighted by Gasteiger charge is -2.22. The molecule has 0 aliphatic heterocycles. The minimum Gasteiger partial charge on any atom is -0.384 e. The normalized spacial score (nSPS) is 15.2. The zero-order valence-corrected chi connectivity index (χ0v) is 12.3. The van der Waals surface area contributed by atoms with Crippen LogP contribution in [-0.2, 0) is 4.74 Å². The number of aromatic nitrogens is 1. The molecule has 1 N–H and O–H groups in total. The molecule has 4 heteroatoms. The van der Waals surface area contributed by atoms with Gasteiger partial charge in [-0.15, -0.1) is 11.3 Å². The minimum atomic E-state index is 0.303. The van der Waals surface area contributed by atoms with Crippen molar-refractivity contribution in [1.82, 2.24) is 10.3 Å². The number of nitrogens with zero attached hydrogens (tertiary/aromatic N) is 1. The van der Waals surface area contributed by atoms with Gasteiger partial charge in [0.2, 0.25) is 0 Å². The van der Waals surface area contributed by atoms with Gasteiger partial charge in [0.15, 0.2) is 0 Å². The SMILES string of the molecule is CCNC(c1nc(C(C)C)cs1)C(C)COC. The van der Waals surface area contributed by atoms with Crippen molar-refractivity contribution in [2.75, 3.05) is 20.3 Å². The van der Waals surface area contributed by atoms with Crippen LogP contribution in [0.1, 0.15) is 50.4 Å². The standard InChI is InChI=1S/C13H24N2OS/c1-6-14-12(10(4)7-16-5)13-15-11(8-17-13)9(2)3/h8-10,12,14H,6-7H2,1-5H3. The highest BCUT2D eigenvalue weighted by Crippen LogP contribution is 2.27. The highest BCUT2D eigenvalue weighted by atomic mass is 32.1. The van der Waals surface area contributed by atoms with Crippen LogP contribution in [0.15, 0.2) is 5.38 Å². The van der Waals surface area contributed by atoms with E-state index in [1.165, 1.54) is 10.7 Å². The quantitative estimate of drug-likeness (QED) is 0.813. The fraction of sp³-hybridized carbons (Fsp3) is 0.769. The van der Waals surface area contributed by atoms with Crippen LogP contribution < -0.4 is 5.32 Å². The Balaban J connectivity index is 2.81. The summed E-state index contributed by atoms with van der Waals surface area (Å²) in [7, 11) is 1.75. The largest absolute Gasteiger partial charge is 0.384 e. The summed E-state index contributed by atoms with van der Waals surface area (Å²) in [6, 6.07) is 0.303. The third-order valence-corrected chi connectivity index (χ3v) is 3.77. The predicted molar refractivity (Wildman–Crippen MR) is 73.7 cm³/mol. The number of methoxy groups -OCH3 is 1. The smallest absolute Gasteiger partial charge is 0.110 e. The second kappa shape index (κ2) is 7.09. The first kappa shape index (κ1) is 14.6. The molecule has 2 atom stereocenters. The molecule has 0 saturated heterocycles. The van der Waals surface area contributed by atoms with E-state index in [4.69, 9.17) is 9.72 Å². The number of nitrogens with one attached hydrogen (secondary N) is 1. The maximum atomic E-state index is 5.24. The van der Waals surface area contributed by atoms with Crippen LogP contribution in [0.2, 0.25) is 0 Å². The van der Waals surface area contributed by atoms with Crippen molar-refractivity contribution in [2.45, 2.75) is 39.7 Å². The molecular weight excluding hydrogens is 232 g/mol. The third kappa shape index (κ3) is 4.05. The Labute approximate surface area is 109 Å².